The predicted octanol–water partition coefficient (Wildman–Crippen LogP) is 4.44. The van der Waals surface area contributed by atoms with Crippen molar-refractivity contribution in [1.82, 2.24) is 0 Å². The maximum Gasteiger partial charge on any atom is 0.338 e. The Bertz CT molecular complexity index is 811. The molecule has 0 aliphatic carbocycles. The van der Waals surface area contributed by atoms with Gasteiger partial charge in [0.2, 0.25) is 5.75 Å². The number of carbonyl (C=O) groups excluding carboxylic acids is 2. The summed E-state index contributed by atoms with van der Waals surface area (Å²) in [4.78, 5) is 24.5. The van der Waals surface area contributed by atoms with Gasteiger partial charge in [-0.05, 0) is 57.2 Å². The number of esters is 1. The summed E-state index contributed by atoms with van der Waals surface area (Å²) >= 11 is 3.32. The van der Waals surface area contributed by atoms with Crippen LogP contribution in [-0.4, -0.2) is 38.3 Å². The minimum atomic E-state index is -0.666. The molecule has 2 rings (SSSR count). The fraction of sp³-hybridized carbons (Fsp3) is 0.333. The van der Waals surface area contributed by atoms with Gasteiger partial charge < -0.3 is 24.3 Å². The Hall–Kier alpha value is -2.74. The van der Waals surface area contributed by atoms with Gasteiger partial charge in [0.25, 0.3) is 5.91 Å². The molecule has 7 nitrogen and oxygen atoms in total. The largest absolute Gasteiger partial charge is 0.490 e. The van der Waals surface area contributed by atoms with Crippen LogP contribution in [0.3, 0.4) is 0 Å². The normalized spacial score (nSPS) is 10.2. The van der Waals surface area contributed by atoms with Gasteiger partial charge in [0.15, 0.2) is 18.1 Å². The molecule has 0 radical (unpaired) electrons. The molecule has 29 heavy (non-hydrogen) atoms. The molecule has 0 aliphatic heterocycles. The Labute approximate surface area is 178 Å². The molecule has 2 aromatic rings. The summed E-state index contributed by atoms with van der Waals surface area (Å²) < 4.78 is 22.8. The van der Waals surface area contributed by atoms with E-state index in [4.69, 9.17) is 18.9 Å². The van der Waals surface area contributed by atoms with Gasteiger partial charge in [-0.3, -0.25) is 4.79 Å². The molecule has 0 saturated heterocycles. The molecule has 0 spiro atoms. The third kappa shape index (κ3) is 6.67. The number of nitrogens with one attached hydrogen (secondary N) is 1. The SMILES string of the molecule is CCOc1cc(C(=O)OCC(=O)Nc2ccc(Br)cc2)cc(OCC)c1OCC. The summed E-state index contributed by atoms with van der Waals surface area (Å²) in [5.41, 5.74) is 0.810. The molecule has 2 aromatic carbocycles. The minimum absolute atomic E-state index is 0.205. The zero-order valence-electron chi connectivity index (χ0n) is 16.6. The fourth-order valence-corrected chi connectivity index (χ4v) is 2.72. The third-order valence-electron chi connectivity index (χ3n) is 3.61. The van der Waals surface area contributed by atoms with E-state index >= 15 is 0 Å². The molecule has 0 heterocycles. The Morgan fingerprint density at radius 2 is 1.45 bits per heavy atom. The second-order valence-corrected chi connectivity index (χ2v) is 6.65. The van der Waals surface area contributed by atoms with E-state index in [-0.39, 0.29) is 5.56 Å². The second kappa shape index (κ2) is 11.3. The van der Waals surface area contributed by atoms with Crippen molar-refractivity contribution in [3.05, 3.63) is 46.4 Å². The zero-order chi connectivity index (χ0) is 21.2. The van der Waals surface area contributed by atoms with Crippen molar-refractivity contribution in [3.8, 4) is 17.2 Å². The lowest BCUT2D eigenvalue weighted by Gasteiger charge is -2.16. The van der Waals surface area contributed by atoms with Gasteiger partial charge in [-0.1, -0.05) is 15.9 Å². The van der Waals surface area contributed by atoms with Crippen molar-refractivity contribution in [2.75, 3.05) is 31.7 Å². The number of rotatable bonds is 10. The quantitative estimate of drug-likeness (QED) is 0.522. The summed E-state index contributed by atoms with van der Waals surface area (Å²) in [6.07, 6.45) is 0. The summed E-state index contributed by atoms with van der Waals surface area (Å²) in [6.45, 7) is 6.27. The van der Waals surface area contributed by atoms with Crippen molar-refractivity contribution in [2.45, 2.75) is 20.8 Å². The van der Waals surface area contributed by atoms with Gasteiger partial charge in [-0.15, -0.1) is 0 Å². The smallest absolute Gasteiger partial charge is 0.338 e. The Balaban J connectivity index is 2.10. The van der Waals surface area contributed by atoms with Crippen molar-refractivity contribution in [3.63, 3.8) is 0 Å². The number of anilines is 1. The van der Waals surface area contributed by atoms with Crippen LogP contribution >= 0.6 is 15.9 Å². The van der Waals surface area contributed by atoms with Gasteiger partial charge >= 0.3 is 5.97 Å². The van der Waals surface area contributed by atoms with Gasteiger partial charge in [0.05, 0.1) is 25.4 Å². The summed E-state index contributed by atoms with van der Waals surface area (Å²) in [5.74, 6) is 0.0847. The van der Waals surface area contributed by atoms with Gasteiger partial charge in [0, 0.05) is 10.2 Å². The molecule has 1 amide bonds. The number of carbonyl (C=O) groups is 2. The summed E-state index contributed by atoms with van der Waals surface area (Å²) in [6, 6.07) is 10.1. The number of benzene rings is 2. The predicted molar refractivity (Wildman–Crippen MR) is 113 cm³/mol. The maximum atomic E-state index is 12.5. The van der Waals surface area contributed by atoms with Crippen LogP contribution in [-0.2, 0) is 9.53 Å². The van der Waals surface area contributed by atoms with Crippen LogP contribution in [0.1, 0.15) is 31.1 Å². The van der Waals surface area contributed by atoms with Crippen molar-refractivity contribution in [2.24, 2.45) is 0 Å². The lowest BCUT2D eigenvalue weighted by molar-refractivity contribution is -0.119. The number of hydrogen-bond acceptors (Lipinski definition) is 6. The van der Waals surface area contributed by atoms with Crippen LogP contribution in [0.4, 0.5) is 5.69 Å². The highest BCUT2D eigenvalue weighted by molar-refractivity contribution is 9.10. The van der Waals surface area contributed by atoms with E-state index < -0.39 is 18.5 Å². The van der Waals surface area contributed by atoms with E-state index in [0.29, 0.717) is 42.8 Å². The number of halogens is 1. The topological polar surface area (TPSA) is 83.1 Å². The average molecular weight is 466 g/mol. The van der Waals surface area contributed by atoms with E-state index in [2.05, 4.69) is 21.2 Å². The molecule has 1 N–H and O–H groups in total. The van der Waals surface area contributed by atoms with E-state index in [1.54, 1.807) is 24.3 Å². The third-order valence-corrected chi connectivity index (χ3v) is 4.14. The van der Waals surface area contributed by atoms with E-state index in [1.807, 2.05) is 20.8 Å². The Morgan fingerprint density at radius 3 is 1.97 bits per heavy atom. The number of ether oxygens (including phenoxy) is 4. The van der Waals surface area contributed by atoms with Crippen LogP contribution in [0.25, 0.3) is 0 Å². The molecule has 0 saturated carbocycles. The molecule has 0 atom stereocenters. The second-order valence-electron chi connectivity index (χ2n) is 5.73. The molecule has 0 unspecified atom stereocenters. The first kappa shape index (κ1) is 22.5. The van der Waals surface area contributed by atoms with Crippen LogP contribution in [0.15, 0.2) is 40.9 Å². The monoisotopic (exact) mass is 465 g/mol. The van der Waals surface area contributed by atoms with E-state index in [9.17, 15) is 9.59 Å². The molecule has 156 valence electrons. The van der Waals surface area contributed by atoms with Gasteiger partial charge in [-0.2, -0.15) is 0 Å². The maximum absolute atomic E-state index is 12.5. The first-order valence-electron chi connectivity index (χ1n) is 9.27. The van der Waals surface area contributed by atoms with Gasteiger partial charge in [0.1, 0.15) is 0 Å². The lowest BCUT2D eigenvalue weighted by Crippen LogP contribution is -2.21. The van der Waals surface area contributed by atoms with Crippen LogP contribution < -0.4 is 19.5 Å². The lowest BCUT2D eigenvalue weighted by atomic mass is 10.2. The molecule has 0 aromatic heterocycles. The standard InChI is InChI=1S/C21H24BrNO6/c1-4-26-17-11-14(12-18(27-5-2)20(17)28-6-3)21(25)29-13-19(24)23-16-9-7-15(22)8-10-16/h7-12H,4-6,13H2,1-3H3,(H,23,24). The van der Waals surface area contributed by atoms with E-state index in [0.717, 1.165) is 4.47 Å². The summed E-state index contributed by atoms with van der Waals surface area (Å²) in [7, 11) is 0. The van der Waals surface area contributed by atoms with Crippen molar-refractivity contribution < 1.29 is 28.5 Å². The van der Waals surface area contributed by atoms with Gasteiger partial charge in [-0.25, -0.2) is 4.79 Å². The average Bonchev–Trinajstić information content (AvgIpc) is 2.70. The zero-order valence-corrected chi connectivity index (χ0v) is 18.2. The van der Waals surface area contributed by atoms with Crippen molar-refractivity contribution in [1.29, 1.82) is 0 Å². The van der Waals surface area contributed by atoms with Crippen LogP contribution in [0.5, 0.6) is 17.2 Å². The molecule has 8 heteroatoms. The minimum Gasteiger partial charge on any atom is -0.490 e. The fourth-order valence-electron chi connectivity index (χ4n) is 2.45. The van der Waals surface area contributed by atoms with Crippen LogP contribution in [0.2, 0.25) is 0 Å². The molecule has 0 aliphatic rings. The molecule has 0 bridgehead atoms. The van der Waals surface area contributed by atoms with Crippen molar-refractivity contribution >= 4 is 33.5 Å². The Morgan fingerprint density at radius 1 is 0.897 bits per heavy atom. The highest BCUT2D eigenvalue weighted by Crippen LogP contribution is 2.39. The Kier molecular flexibility index (Phi) is 8.79. The molecule has 0 fully saturated rings. The first-order chi connectivity index (χ1) is 14.0. The van der Waals surface area contributed by atoms with E-state index in [1.165, 1.54) is 12.1 Å². The molecular weight excluding hydrogens is 442 g/mol. The summed E-state index contributed by atoms with van der Waals surface area (Å²) in [5, 5.41) is 2.66. The molecular formula is C21H24BrNO6. The highest BCUT2D eigenvalue weighted by Gasteiger charge is 2.19. The number of amides is 1. The highest BCUT2D eigenvalue weighted by atomic mass is 79.9. The number of hydrogen-bond donors (Lipinski definition) is 1. The first-order valence-corrected chi connectivity index (χ1v) is 10.1. The van der Waals surface area contributed by atoms with Crippen LogP contribution in [0, 0.1) is 0 Å².